The van der Waals surface area contributed by atoms with Crippen molar-refractivity contribution >= 4 is 29.9 Å². The van der Waals surface area contributed by atoms with Gasteiger partial charge in [0.15, 0.2) is 5.96 Å². The molecular weight excluding hydrogens is 431 g/mol. The highest BCUT2D eigenvalue weighted by molar-refractivity contribution is 14.0. The van der Waals surface area contributed by atoms with E-state index in [0.29, 0.717) is 12.6 Å². The Morgan fingerprint density at radius 3 is 2.84 bits per heavy atom. The van der Waals surface area contributed by atoms with Gasteiger partial charge in [-0.1, -0.05) is 6.92 Å². The van der Waals surface area contributed by atoms with E-state index in [1.54, 1.807) is 19.2 Å². The Hall–Kier alpha value is -1.22. The van der Waals surface area contributed by atoms with Crippen molar-refractivity contribution in [3.63, 3.8) is 0 Å². The lowest BCUT2D eigenvalue weighted by Gasteiger charge is -2.24. The molecule has 0 bridgehead atoms. The highest BCUT2D eigenvalue weighted by Crippen LogP contribution is 2.23. The van der Waals surface area contributed by atoms with Crippen LogP contribution in [0.2, 0.25) is 0 Å². The van der Waals surface area contributed by atoms with Crippen molar-refractivity contribution in [2.24, 2.45) is 4.99 Å². The highest BCUT2D eigenvalue weighted by atomic mass is 127. The number of benzene rings is 1. The van der Waals surface area contributed by atoms with Gasteiger partial charge in [0.2, 0.25) is 0 Å². The lowest BCUT2D eigenvalue weighted by Crippen LogP contribution is -2.44. The van der Waals surface area contributed by atoms with Crippen LogP contribution in [0.15, 0.2) is 23.2 Å². The van der Waals surface area contributed by atoms with E-state index in [9.17, 15) is 5.11 Å². The summed E-state index contributed by atoms with van der Waals surface area (Å²) in [7, 11) is 1.62. The van der Waals surface area contributed by atoms with E-state index < -0.39 is 0 Å². The molecule has 3 N–H and O–H groups in total. The minimum Gasteiger partial charge on any atom is -0.508 e. The van der Waals surface area contributed by atoms with Gasteiger partial charge in [0.05, 0.1) is 13.7 Å². The maximum atomic E-state index is 9.97. The summed E-state index contributed by atoms with van der Waals surface area (Å²) in [6.45, 7) is 8.64. The molecule has 0 aromatic heterocycles. The van der Waals surface area contributed by atoms with E-state index in [0.717, 1.165) is 36.9 Å². The Morgan fingerprint density at radius 2 is 2.16 bits per heavy atom. The summed E-state index contributed by atoms with van der Waals surface area (Å²) in [5, 5.41) is 16.7. The zero-order valence-electron chi connectivity index (χ0n) is 15.4. The van der Waals surface area contributed by atoms with Crippen LogP contribution in [0.3, 0.4) is 0 Å². The number of phenols is 1. The van der Waals surface area contributed by atoms with Crippen LogP contribution in [0.25, 0.3) is 0 Å². The molecule has 0 amide bonds. The Kier molecular flexibility index (Phi) is 9.96. The van der Waals surface area contributed by atoms with Crippen molar-refractivity contribution < 1.29 is 9.84 Å². The number of likely N-dealkylation sites (N-methyl/N-ethyl adjacent to an activating group) is 1. The van der Waals surface area contributed by atoms with Crippen LogP contribution >= 0.6 is 24.0 Å². The molecule has 6 nitrogen and oxygen atoms in total. The van der Waals surface area contributed by atoms with E-state index >= 15 is 0 Å². The molecule has 0 radical (unpaired) electrons. The number of aliphatic imine (C=N–C) groups is 1. The van der Waals surface area contributed by atoms with Crippen LogP contribution in [0.1, 0.15) is 32.3 Å². The molecule has 0 saturated carbocycles. The van der Waals surface area contributed by atoms with Gasteiger partial charge >= 0.3 is 0 Å². The molecule has 142 valence electrons. The predicted octanol–water partition coefficient (Wildman–Crippen LogP) is 2.56. The lowest BCUT2D eigenvalue weighted by atomic mass is 10.2. The standard InChI is InChI=1S/C18H30N4O2.HI/c1-4-19-18(21-13-15-7-6-10-22(15)5-2)20-12-14-11-16(24-3)8-9-17(14)23;/h8-9,11,15,23H,4-7,10,12-13H2,1-3H3,(H2,19,20,21);1H. The van der Waals surface area contributed by atoms with Gasteiger partial charge in [-0.15, -0.1) is 24.0 Å². The van der Waals surface area contributed by atoms with E-state index in [1.165, 1.54) is 19.4 Å². The number of ether oxygens (including phenoxy) is 1. The van der Waals surface area contributed by atoms with E-state index in [1.807, 2.05) is 13.0 Å². The van der Waals surface area contributed by atoms with Gasteiger partial charge in [-0.3, -0.25) is 4.90 Å². The van der Waals surface area contributed by atoms with Crippen molar-refractivity contribution in [3.8, 4) is 11.5 Å². The van der Waals surface area contributed by atoms with E-state index in [4.69, 9.17) is 4.74 Å². The van der Waals surface area contributed by atoms with Crippen molar-refractivity contribution in [1.29, 1.82) is 0 Å². The summed E-state index contributed by atoms with van der Waals surface area (Å²) >= 11 is 0. The molecular formula is C18H31IN4O2. The maximum absolute atomic E-state index is 9.97. The van der Waals surface area contributed by atoms with Crippen LogP contribution in [0, 0.1) is 0 Å². The number of guanidine groups is 1. The Bertz CT molecular complexity index is 554. The third-order valence-electron chi connectivity index (χ3n) is 4.45. The van der Waals surface area contributed by atoms with Gasteiger partial charge in [0.25, 0.3) is 0 Å². The number of phenolic OH excluding ortho intramolecular Hbond substituents is 1. The zero-order valence-corrected chi connectivity index (χ0v) is 17.7. The molecule has 1 aromatic carbocycles. The fraction of sp³-hybridized carbons (Fsp3) is 0.611. The smallest absolute Gasteiger partial charge is 0.191 e. The lowest BCUT2D eigenvalue weighted by molar-refractivity contribution is 0.267. The van der Waals surface area contributed by atoms with Gasteiger partial charge in [-0.25, -0.2) is 4.99 Å². The molecule has 1 heterocycles. The number of methoxy groups -OCH3 is 1. The number of rotatable bonds is 7. The second-order valence-electron chi connectivity index (χ2n) is 6.00. The first-order chi connectivity index (χ1) is 11.7. The second kappa shape index (κ2) is 11.4. The number of nitrogens with zero attached hydrogens (tertiary/aromatic N) is 2. The molecule has 0 aliphatic carbocycles. The first-order valence-electron chi connectivity index (χ1n) is 8.80. The molecule has 2 rings (SSSR count). The van der Waals surface area contributed by atoms with Crippen LogP contribution in [-0.2, 0) is 6.54 Å². The minimum absolute atomic E-state index is 0. The van der Waals surface area contributed by atoms with Crippen molar-refractivity contribution in [1.82, 2.24) is 15.5 Å². The SMILES string of the molecule is CCNC(=NCc1cc(OC)ccc1O)NCC1CCCN1CC.I. The monoisotopic (exact) mass is 462 g/mol. The molecule has 1 aromatic rings. The molecule has 1 aliphatic rings. The first kappa shape index (κ1) is 21.8. The Morgan fingerprint density at radius 1 is 1.36 bits per heavy atom. The van der Waals surface area contributed by atoms with Gasteiger partial charge in [-0.05, 0) is 51.1 Å². The van der Waals surface area contributed by atoms with Crippen LogP contribution in [0.5, 0.6) is 11.5 Å². The summed E-state index contributed by atoms with van der Waals surface area (Å²) in [6, 6.07) is 5.77. The van der Waals surface area contributed by atoms with Crippen molar-refractivity contribution in [2.75, 3.05) is 33.3 Å². The average molecular weight is 462 g/mol. The Balaban J connectivity index is 0.00000312. The molecule has 25 heavy (non-hydrogen) atoms. The fourth-order valence-corrected chi connectivity index (χ4v) is 3.08. The van der Waals surface area contributed by atoms with E-state index in [-0.39, 0.29) is 29.7 Å². The number of hydrogen-bond acceptors (Lipinski definition) is 4. The normalized spacial score (nSPS) is 17.9. The molecule has 1 saturated heterocycles. The van der Waals surface area contributed by atoms with Crippen molar-refractivity contribution in [3.05, 3.63) is 23.8 Å². The molecule has 1 fully saturated rings. The first-order valence-corrected chi connectivity index (χ1v) is 8.80. The number of halogens is 1. The van der Waals surface area contributed by atoms with Crippen LogP contribution in [0.4, 0.5) is 0 Å². The van der Waals surface area contributed by atoms with E-state index in [2.05, 4.69) is 27.4 Å². The number of likely N-dealkylation sites (tertiary alicyclic amines) is 1. The average Bonchev–Trinajstić information content (AvgIpc) is 3.06. The van der Waals surface area contributed by atoms with Crippen molar-refractivity contribution in [2.45, 2.75) is 39.3 Å². The molecule has 1 aliphatic heterocycles. The highest BCUT2D eigenvalue weighted by Gasteiger charge is 2.22. The van der Waals surface area contributed by atoms with Crippen LogP contribution in [-0.4, -0.2) is 55.3 Å². The number of nitrogens with one attached hydrogen (secondary N) is 2. The fourth-order valence-electron chi connectivity index (χ4n) is 3.08. The van der Waals surface area contributed by atoms with Gasteiger partial charge in [0.1, 0.15) is 11.5 Å². The number of aromatic hydroxyl groups is 1. The quantitative estimate of drug-likeness (QED) is 0.330. The maximum Gasteiger partial charge on any atom is 0.191 e. The summed E-state index contributed by atoms with van der Waals surface area (Å²) in [4.78, 5) is 7.10. The summed E-state index contributed by atoms with van der Waals surface area (Å²) in [5.74, 6) is 1.74. The molecule has 0 spiro atoms. The topological polar surface area (TPSA) is 69.1 Å². The minimum atomic E-state index is 0. The predicted molar refractivity (Wildman–Crippen MR) is 113 cm³/mol. The van der Waals surface area contributed by atoms with Crippen LogP contribution < -0.4 is 15.4 Å². The second-order valence-corrected chi connectivity index (χ2v) is 6.00. The summed E-state index contributed by atoms with van der Waals surface area (Å²) < 4.78 is 5.21. The van der Waals surface area contributed by atoms with Gasteiger partial charge < -0.3 is 20.5 Å². The molecule has 1 unspecified atom stereocenters. The third-order valence-corrected chi connectivity index (χ3v) is 4.45. The molecule has 1 atom stereocenters. The summed E-state index contributed by atoms with van der Waals surface area (Å²) in [5.41, 5.74) is 0.752. The molecule has 7 heteroatoms. The number of hydrogen-bond donors (Lipinski definition) is 3. The zero-order chi connectivity index (χ0) is 17.4. The largest absolute Gasteiger partial charge is 0.508 e. The third kappa shape index (κ3) is 6.54. The summed E-state index contributed by atoms with van der Waals surface area (Å²) in [6.07, 6.45) is 2.50. The Labute approximate surface area is 168 Å². The van der Waals surface area contributed by atoms with Gasteiger partial charge in [0, 0.05) is 24.7 Å². The van der Waals surface area contributed by atoms with Gasteiger partial charge in [-0.2, -0.15) is 0 Å².